The Hall–Kier alpha value is -2.85. The lowest BCUT2D eigenvalue weighted by molar-refractivity contribution is 0.122. The number of hydrogen-bond donors (Lipinski definition) is 1. The van der Waals surface area contributed by atoms with Crippen LogP contribution in [-0.4, -0.2) is 37.6 Å². The predicted octanol–water partition coefficient (Wildman–Crippen LogP) is 4.44. The van der Waals surface area contributed by atoms with E-state index in [0.717, 1.165) is 48.3 Å². The van der Waals surface area contributed by atoms with Crippen molar-refractivity contribution in [3.05, 3.63) is 65.7 Å². The molecule has 1 aliphatic rings. The number of phenolic OH excluding ortho intramolecular Hbond substituents is 1. The van der Waals surface area contributed by atoms with Gasteiger partial charge in [-0.1, -0.05) is 30.3 Å². The first-order chi connectivity index (χ1) is 12.7. The molecule has 0 atom stereocenters. The Bertz CT molecular complexity index is 960. The maximum Gasteiger partial charge on any atom is 0.124 e. The number of aryl methyl sites for hydroxylation is 1. The van der Waals surface area contributed by atoms with Crippen LogP contribution >= 0.6 is 0 Å². The van der Waals surface area contributed by atoms with Crippen molar-refractivity contribution in [2.24, 2.45) is 4.99 Å². The first-order valence-electron chi connectivity index (χ1n) is 8.90. The molecule has 1 fully saturated rings. The van der Waals surface area contributed by atoms with E-state index in [2.05, 4.69) is 28.9 Å². The molecule has 0 bridgehead atoms. The third-order valence-electron chi connectivity index (χ3n) is 4.82. The third-order valence-corrected chi connectivity index (χ3v) is 4.82. The number of anilines is 1. The Morgan fingerprint density at radius 3 is 2.65 bits per heavy atom. The van der Waals surface area contributed by atoms with Crippen molar-refractivity contribution in [3.63, 3.8) is 0 Å². The van der Waals surface area contributed by atoms with Gasteiger partial charge in [0.15, 0.2) is 0 Å². The maximum absolute atomic E-state index is 10.2. The highest BCUT2D eigenvalue weighted by Gasteiger charge is 2.13. The molecule has 1 saturated heterocycles. The van der Waals surface area contributed by atoms with Crippen molar-refractivity contribution in [1.82, 2.24) is 0 Å². The van der Waals surface area contributed by atoms with Gasteiger partial charge in [-0.15, -0.1) is 0 Å². The fourth-order valence-electron chi connectivity index (χ4n) is 3.44. The van der Waals surface area contributed by atoms with Crippen LogP contribution in [0.15, 0.2) is 59.6 Å². The van der Waals surface area contributed by atoms with Crippen LogP contribution in [-0.2, 0) is 4.74 Å². The van der Waals surface area contributed by atoms with E-state index < -0.39 is 0 Å². The highest BCUT2D eigenvalue weighted by molar-refractivity contribution is 6.03. The first kappa shape index (κ1) is 16.6. The van der Waals surface area contributed by atoms with Gasteiger partial charge in [0.1, 0.15) is 5.75 Å². The standard InChI is InChI=1S/C22H22N2O2/c1-16-14-18(7-8-21(16)24-10-12-26-13-11-24)23-15-20-19-5-3-2-4-17(19)6-9-22(20)25/h2-9,14-15,25H,10-13H2,1H3. The second-order valence-electron chi connectivity index (χ2n) is 6.55. The molecule has 1 aliphatic heterocycles. The molecule has 26 heavy (non-hydrogen) atoms. The molecule has 0 unspecified atom stereocenters. The topological polar surface area (TPSA) is 45.1 Å². The molecule has 0 spiro atoms. The summed E-state index contributed by atoms with van der Waals surface area (Å²) in [5.74, 6) is 0.245. The molecule has 4 rings (SSSR count). The summed E-state index contributed by atoms with van der Waals surface area (Å²) in [4.78, 5) is 6.96. The maximum atomic E-state index is 10.2. The predicted molar refractivity (Wildman–Crippen MR) is 107 cm³/mol. The minimum absolute atomic E-state index is 0.245. The van der Waals surface area contributed by atoms with Crippen molar-refractivity contribution >= 4 is 28.4 Å². The normalized spacial score (nSPS) is 15.0. The van der Waals surface area contributed by atoms with E-state index in [0.29, 0.717) is 0 Å². The van der Waals surface area contributed by atoms with Crippen LogP contribution in [0, 0.1) is 6.92 Å². The van der Waals surface area contributed by atoms with Crippen LogP contribution in [0.2, 0.25) is 0 Å². The number of rotatable bonds is 3. The van der Waals surface area contributed by atoms with E-state index in [-0.39, 0.29) is 5.75 Å². The zero-order valence-corrected chi connectivity index (χ0v) is 14.9. The lowest BCUT2D eigenvalue weighted by atomic mass is 10.0. The second kappa shape index (κ2) is 7.18. The average Bonchev–Trinajstić information content (AvgIpc) is 2.68. The van der Waals surface area contributed by atoms with E-state index in [1.807, 2.05) is 36.4 Å². The third kappa shape index (κ3) is 3.28. The summed E-state index contributed by atoms with van der Waals surface area (Å²) in [6, 6.07) is 17.9. The molecule has 0 radical (unpaired) electrons. The van der Waals surface area contributed by atoms with E-state index >= 15 is 0 Å². The molecule has 0 aromatic heterocycles. The second-order valence-corrected chi connectivity index (χ2v) is 6.55. The fourth-order valence-corrected chi connectivity index (χ4v) is 3.44. The molecule has 0 amide bonds. The fraction of sp³-hybridized carbons (Fsp3) is 0.227. The van der Waals surface area contributed by atoms with Gasteiger partial charge < -0.3 is 14.7 Å². The van der Waals surface area contributed by atoms with Crippen molar-refractivity contribution in [2.75, 3.05) is 31.2 Å². The minimum atomic E-state index is 0.245. The van der Waals surface area contributed by atoms with Crippen LogP contribution in [0.3, 0.4) is 0 Å². The van der Waals surface area contributed by atoms with Gasteiger partial charge in [0.05, 0.1) is 18.9 Å². The molecule has 4 heteroatoms. The lowest BCUT2D eigenvalue weighted by Crippen LogP contribution is -2.36. The summed E-state index contributed by atoms with van der Waals surface area (Å²) in [5, 5.41) is 12.3. The summed E-state index contributed by atoms with van der Waals surface area (Å²) in [6.45, 7) is 5.51. The Morgan fingerprint density at radius 1 is 1.04 bits per heavy atom. The largest absolute Gasteiger partial charge is 0.507 e. The van der Waals surface area contributed by atoms with E-state index in [1.54, 1.807) is 12.3 Å². The zero-order chi connectivity index (χ0) is 17.9. The van der Waals surface area contributed by atoms with Crippen molar-refractivity contribution in [2.45, 2.75) is 6.92 Å². The molecule has 1 N–H and O–H groups in total. The van der Waals surface area contributed by atoms with Crippen LogP contribution < -0.4 is 4.90 Å². The SMILES string of the molecule is Cc1cc(N=Cc2c(O)ccc3ccccc23)ccc1N1CCOCC1. The zero-order valence-electron chi connectivity index (χ0n) is 14.9. The van der Waals surface area contributed by atoms with Crippen LogP contribution in [0.5, 0.6) is 5.75 Å². The van der Waals surface area contributed by atoms with E-state index in [1.165, 1.54) is 11.3 Å². The van der Waals surface area contributed by atoms with Crippen LogP contribution in [0.4, 0.5) is 11.4 Å². The van der Waals surface area contributed by atoms with Gasteiger partial charge >= 0.3 is 0 Å². The molecule has 0 saturated carbocycles. The number of morpholine rings is 1. The quantitative estimate of drug-likeness (QED) is 0.713. The number of aliphatic imine (C=N–C) groups is 1. The number of nitrogens with zero attached hydrogens (tertiary/aromatic N) is 2. The average molecular weight is 346 g/mol. The molecule has 132 valence electrons. The Balaban J connectivity index is 1.63. The molecule has 3 aromatic carbocycles. The summed E-state index contributed by atoms with van der Waals surface area (Å²) < 4.78 is 5.43. The Kier molecular flexibility index (Phi) is 4.59. The minimum Gasteiger partial charge on any atom is -0.507 e. The molecular formula is C22H22N2O2. The number of ether oxygens (including phenoxy) is 1. The number of hydrogen-bond acceptors (Lipinski definition) is 4. The highest BCUT2D eigenvalue weighted by atomic mass is 16.5. The van der Waals surface area contributed by atoms with Gasteiger partial charge in [-0.25, -0.2) is 0 Å². The van der Waals surface area contributed by atoms with E-state index in [4.69, 9.17) is 4.74 Å². The Labute approximate surface area is 153 Å². The van der Waals surface area contributed by atoms with Crippen LogP contribution in [0.25, 0.3) is 10.8 Å². The number of fused-ring (bicyclic) bond motifs is 1. The Morgan fingerprint density at radius 2 is 1.85 bits per heavy atom. The number of benzene rings is 3. The van der Waals surface area contributed by atoms with Crippen molar-refractivity contribution in [1.29, 1.82) is 0 Å². The summed E-state index contributed by atoms with van der Waals surface area (Å²) in [5.41, 5.74) is 4.06. The highest BCUT2D eigenvalue weighted by Crippen LogP contribution is 2.28. The molecular weight excluding hydrogens is 324 g/mol. The van der Waals surface area contributed by atoms with E-state index in [9.17, 15) is 5.11 Å². The molecule has 0 aliphatic carbocycles. The number of aromatic hydroxyl groups is 1. The van der Waals surface area contributed by atoms with Gasteiger partial charge in [0, 0.05) is 30.6 Å². The first-order valence-corrected chi connectivity index (χ1v) is 8.90. The van der Waals surface area contributed by atoms with Gasteiger partial charge in [-0.05, 0) is 47.5 Å². The lowest BCUT2D eigenvalue weighted by Gasteiger charge is -2.30. The smallest absolute Gasteiger partial charge is 0.124 e. The van der Waals surface area contributed by atoms with Gasteiger partial charge in [-0.2, -0.15) is 0 Å². The molecule has 4 nitrogen and oxygen atoms in total. The van der Waals surface area contributed by atoms with Gasteiger partial charge in [-0.3, -0.25) is 4.99 Å². The van der Waals surface area contributed by atoms with Gasteiger partial charge in [0.2, 0.25) is 0 Å². The summed E-state index contributed by atoms with van der Waals surface area (Å²) in [6.07, 6.45) is 1.75. The molecule has 3 aromatic rings. The summed E-state index contributed by atoms with van der Waals surface area (Å²) >= 11 is 0. The number of phenols is 1. The van der Waals surface area contributed by atoms with Crippen LogP contribution in [0.1, 0.15) is 11.1 Å². The van der Waals surface area contributed by atoms with Crippen molar-refractivity contribution in [3.8, 4) is 5.75 Å². The molecule has 1 heterocycles. The monoisotopic (exact) mass is 346 g/mol. The van der Waals surface area contributed by atoms with Gasteiger partial charge in [0.25, 0.3) is 0 Å². The summed E-state index contributed by atoms with van der Waals surface area (Å²) in [7, 11) is 0. The van der Waals surface area contributed by atoms with Crippen molar-refractivity contribution < 1.29 is 9.84 Å².